The normalized spacial score (nSPS) is 15.7. The van der Waals surface area contributed by atoms with Crippen molar-refractivity contribution in [2.24, 2.45) is 5.92 Å². The van der Waals surface area contributed by atoms with Gasteiger partial charge in [-0.15, -0.1) is 0 Å². The minimum atomic E-state index is -3.71. The van der Waals surface area contributed by atoms with Crippen LogP contribution in [-0.2, 0) is 21.4 Å². The number of hydrogen-bond acceptors (Lipinski definition) is 6. The van der Waals surface area contributed by atoms with Crippen LogP contribution in [0, 0.1) is 26.7 Å². The van der Waals surface area contributed by atoms with Crippen molar-refractivity contribution in [3.63, 3.8) is 0 Å². The molecular weight excluding hydrogens is 430 g/mol. The second-order valence-corrected chi connectivity index (χ2v) is 10.0. The number of nitrogens with zero attached hydrogens (tertiary/aromatic N) is 3. The summed E-state index contributed by atoms with van der Waals surface area (Å²) < 4.78 is 38.1. The number of anilines is 1. The Hall–Kier alpha value is -2.91. The van der Waals surface area contributed by atoms with Crippen LogP contribution in [0.2, 0.25) is 0 Å². The van der Waals surface area contributed by atoms with Crippen LogP contribution in [0.1, 0.15) is 35.6 Å². The number of rotatable bonds is 6. The lowest BCUT2D eigenvalue weighted by atomic mass is 9.96. The summed E-state index contributed by atoms with van der Waals surface area (Å²) in [6.07, 6.45) is 2.48. The average molecular weight is 458 g/mol. The van der Waals surface area contributed by atoms with Gasteiger partial charge in [-0.1, -0.05) is 22.9 Å². The molecule has 8 nitrogen and oxygen atoms in total. The maximum absolute atomic E-state index is 13.5. The molecule has 4 rings (SSSR count). The Labute approximate surface area is 187 Å². The summed E-state index contributed by atoms with van der Waals surface area (Å²) >= 11 is 0. The topological polar surface area (TPSA) is 96.9 Å². The first-order valence-corrected chi connectivity index (χ1v) is 12.0. The number of aromatic nitrogens is 1. The fourth-order valence-corrected chi connectivity index (χ4v) is 5.88. The number of piperidine rings is 1. The van der Waals surface area contributed by atoms with Crippen molar-refractivity contribution in [2.75, 3.05) is 18.0 Å². The zero-order chi connectivity index (χ0) is 22.9. The van der Waals surface area contributed by atoms with Gasteiger partial charge in [0.15, 0.2) is 5.76 Å². The van der Waals surface area contributed by atoms with E-state index in [4.69, 9.17) is 8.94 Å². The van der Waals surface area contributed by atoms with Crippen molar-refractivity contribution >= 4 is 21.6 Å². The number of aryl methyl sites for hydroxylation is 3. The van der Waals surface area contributed by atoms with E-state index in [9.17, 15) is 13.2 Å². The monoisotopic (exact) mass is 457 g/mol. The number of benzene rings is 1. The number of amides is 1. The summed E-state index contributed by atoms with van der Waals surface area (Å²) in [5.41, 5.74) is 2.25. The molecule has 3 heterocycles. The highest BCUT2D eigenvalue weighted by Crippen LogP contribution is 2.30. The van der Waals surface area contributed by atoms with Gasteiger partial charge in [0.25, 0.3) is 0 Å². The number of carbonyl (C=O) groups is 1. The first-order valence-electron chi connectivity index (χ1n) is 10.6. The zero-order valence-electron chi connectivity index (χ0n) is 18.4. The summed E-state index contributed by atoms with van der Waals surface area (Å²) in [7, 11) is -3.71. The molecule has 0 saturated carbocycles. The molecule has 1 aliphatic heterocycles. The molecule has 0 atom stereocenters. The fraction of sp³-hybridized carbons (Fsp3) is 0.391. The first kappa shape index (κ1) is 22.3. The van der Waals surface area contributed by atoms with Crippen LogP contribution in [-0.4, -0.2) is 36.9 Å². The first-order chi connectivity index (χ1) is 15.3. The van der Waals surface area contributed by atoms with E-state index in [1.165, 1.54) is 4.31 Å². The third-order valence-electron chi connectivity index (χ3n) is 5.87. The van der Waals surface area contributed by atoms with Crippen molar-refractivity contribution in [2.45, 2.75) is 45.1 Å². The Morgan fingerprint density at radius 3 is 2.38 bits per heavy atom. The lowest BCUT2D eigenvalue weighted by Crippen LogP contribution is -2.44. The summed E-state index contributed by atoms with van der Waals surface area (Å²) in [5.74, 6) is 0.670. The lowest BCUT2D eigenvalue weighted by Gasteiger charge is -2.33. The standard InChI is InChI=1S/C23H27N3O5S/c1-16-6-8-20(9-7-16)26(15-21-5-4-14-30-21)23(27)19-10-12-25(13-11-19)32(28,29)22-17(2)24-31-18(22)3/h4-9,14,19H,10-13,15H2,1-3H3. The quantitative estimate of drug-likeness (QED) is 0.558. The molecule has 9 heteroatoms. The molecule has 2 aromatic heterocycles. The minimum absolute atomic E-state index is 0.0281. The Morgan fingerprint density at radius 2 is 1.81 bits per heavy atom. The molecule has 1 saturated heterocycles. The van der Waals surface area contributed by atoms with Gasteiger partial charge >= 0.3 is 0 Å². The number of furan rings is 1. The molecule has 1 aliphatic rings. The number of carbonyl (C=O) groups excluding carboxylic acids is 1. The summed E-state index contributed by atoms with van der Waals surface area (Å²) in [4.78, 5) is 15.3. The maximum Gasteiger partial charge on any atom is 0.248 e. The molecule has 1 amide bonds. The SMILES string of the molecule is Cc1ccc(N(Cc2ccco2)C(=O)C2CCN(S(=O)(=O)c3c(C)noc3C)CC2)cc1. The largest absolute Gasteiger partial charge is 0.467 e. The van der Waals surface area contributed by atoms with Crippen LogP contribution < -0.4 is 4.90 Å². The van der Waals surface area contributed by atoms with Crippen molar-refractivity contribution in [1.82, 2.24) is 9.46 Å². The van der Waals surface area contributed by atoms with E-state index in [-0.39, 0.29) is 35.6 Å². The van der Waals surface area contributed by atoms with E-state index in [1.54, 1.807) is 31.1 Å². The van der Waals surface area contributed by atoms with Crippen LogP contribution in [0.5, 0.6) is 0 Å². The van der Waals surface area contributed by atoms with E-state index in [0.717, 1.165) is 11.3 Å². The highest BCUT2D eigenvalue weighted by Gasteiger charge is 2.37. The van der Waals surface area contributed by atoms with Crippen molar-refractivity contribution in [1.29, 1.82) is 0 Å². The molecule has 0 N–H and O–H groups in total. The van der Waals surface area contributed by atoms with Gasteiger partial charge < -0.3 is 13.8 Å². The van der Waals surface area contributed by atoms with Gasteiger partial charge in [-0.25, -0.2) is 8.42 Å². The van der Waals surface area contributed by atoms with Gasteiger partial charge in [-0.05, 0) is 57.9 Å². The molecule has 170 valence electrons. The van der Waals surface area contributed by atoms with E-state index < -0.39 is 10.0 Å². The van der Waals surface area contributed by atoms with Gasteiger partial charge in [0.05, 0.1) is 12.8 Å². The van der Waals surface area contributed by atoms with Crippen molar-refractivity contribution in [3.05, 3.63) is 65.4 Å². The van der Waals surface area contributed by atoms with Crippen LogP contribution in [0.4, 0.5) is 5.69 Å². The molecule has 1 fully saturated rings. The molecule has 1 aromatic carbocycles. The van der Waals surface area contributed by atoms with Gasteiger partial charge in [0.1, 0.15) is 16.3 Å². The van der Waals surface area contributed by atoms with Crippen LogP contribution in [0.25, 0.3) is 0 Å². The third kappa shape index (κ3) is 4.35. The lowest BCUT2D eigenvalue weighted by molar-refractivity contribution is -0.123. The van der Waals surface area contributed by atoms with E-state index in [2.05, 4.69) is 5.16 Å². The van der Waals surface area contributed by atoms with E-state index >= 15 is 0 Å². The Bertz CT molecular complexity index is 1160. The summed E-state index contributed by atoms with van der Waals surface area (Å²) in [5, 5.41) is 3.77. The number of hydrogen-bond donors (Lipinski definition) is 0. The van der Waals surface area contributed by atoms with Gasteiger partial charge in [-0.3, -0.25) is 4.79 Å². The number of sulfonamides is 1. The molecule has 0 aliphatic carbocycles. The smallest absolute Gasteiger partial charge is 0.248 e. The highest BCUT2D eigenvalue weighted by atomic mass is 32.2. The van der Waals surface area contributed by atoms with Crippen molar-refractivity contribution < 1.29 is 22.2 Å². The predicted octanol–water partition coefficient (Wildman–Crippen LogP) is 3.83. The Balaban J connectivity index is 1.50. The fourth-order valence-electron chi connectivity index (χ4n) is 4.12. The maximum atomic E-state index is 13.5. The van der Waals surface area contributed by atoms with Crippen LogP contribution in [0.15, 0.2) is 56.5 Å². The summed E-state index contributed by atoms with van der Waals surface area (Å²) in [6.45, 7) is 6.08. The average Bonchev–Trinajstić information content (AvgIpc) is 3.42. The molecule has 0 bridgehead atoms. The van der Waals surface area contributed by atoms with Gasteiger partial charge in [-0.2, -0.15) is 4.31 Å². The third-order valence-corrected chi connectivity index (χ3v) is 8.02. The predicted molar refractivity (Wildman–Crippen MR) is 119 cm³/mol. The molecule has 3 aromatic rings. The molecule has 32 heavy (non-hydrogen) atoms. The molecule has 0 radical (unpaired) electrons. The van der Waals surface area contributed by atoms with Crippen LogP contribution in [0.3, 0.4) is 0 Å². The molecule has 0 spiro atoms. The minimum Gasteiger partial charge on any atom is -0.467 e. The highest BCUT2D eigenvalue weighted by molar-refractivity contribution is 7.89. The van der Waals surface area contributed by atoms with Gasteiger partial charge in [0, 0.05) is 24.7 Å². The summed E-state index contributed by atoms with van der Waals surface area (Å²) in [6, 6.07) is 11.4. The molecular formula is C23H27N3O5S. The zero-order valence-corrected chi connectivity index (χ0v) is 19.3. The van der Waals surface area contributed by atoms with Crippen LogP contribution >= 0.6 is 0 Å². The second kappa shape index (κ2) is 8.91. The van der Waals surface area contributed by atoms with E-state index in [0.29, 0.717) is 30.8 Å². The Morgan fingerprint density at radius 1 is 1.12 bits per heavy atom. The second-order valence-electron chi connectivity index (χ2n) is 8.17. The Kier molecular flexibility index (Phi) is 6.21. The van der Waals surface area contributed by atoms with Gasteiger partial charge in [0.2, 0.25) is 15.9 Å². The van der Waals surface area contributed by atoms with E-state index in [1.807, 2.05) is 37.3 Å². The van der Waals surface area contributed by atoms with Crippen molar-refractivity contribution in [3.8, 4) is 0 Å². The molecule has 0 unspecified atom stereocenters.